The van der Waals surface area contributed by atoms with Crippen LogP contribution in [0.1, 0.15) is 41.4 Å². The van der Waals surface area contributed by atoms with Gasteiger partial charge in [-0.1, -0.05) is 0 Å². The topological polar surface area (TPSA) is 96.2 Å². The minimum Gasteiger partial charge on any atom is -0.393 e. The van der Waals surface area contributed by atoms with Gasteiger partial charge in [0.05, 0.1) is 11.7 Å². The summed E-state index contributed by atoms with van der Waals surface area (Å²) in [5.41, 5.74) is 0.548. The number of carbonyl (C=O) groups excluding carboxylic acids is 1. The summed E-state index contributed by atoms with van der Waals surface area (Å²) >= 11 is 0. The van der Waals surface area contributed by atoms with Crippen molar-refractivity contribution in [2.75, 3.05) is 24.5 Å². The first-order chi connectivity index (χ1) is 12.6. The van der Waals surface area contributed by atoms with E-state index in [0.717, 1.165) is 31.2 Å². The maximum atomic E-state index is 12.4. The first kappa shape index (κ1) is 17.0. The second-order valence-electron chi connectivity index (χ2n) is 7.25. The Morgan fingerprint density at radius 1 is 1.35 bits per heavy atom. The molecule has 0 aromatic carbocycles. The minimum atomic E-state index is -0.441. The zero-order valence-electron chi connectivity index (χ0n) is 14.9. The number of hydrogen-bond donors (Lipinski definition) is 2. The molecule has 1 aliphatic carbocycles. The fraction of sp³-hybridized carbons (Fsp3) is 0.556. The number of aryl methyl sites for hydroxylation is 1. The molecule has 0 radical (unpaired) electrons. The maximum Gasteiger partial charge on any atom is 0.252 e. The molecule has 2 aromatic heterocycles. The molecule has 2 aromatic rings. The molecule has 26 heavy (non-hydrogen) atoms. The van der Waals surface area contributed by atoms with Crippen LogP contribution in [-0.2, 0) is 7.05 Å². The van der Waals surface area contributed by atoms with Crippen LogP contribution in [0.2, 0.25) is 0 Å². The maximum absolute atomic E-state index is 12.4. The molecular formula is C18H24N6O2. The van der Waals surface area contributed by atoms with Gasteiger partial charge in [-0.15, -0.1) is 10.2 Å². The molecule has 0 spiro atoms. The lowest BCUT2D eigenvalue weighted by atomic mass is 10.0. The molecule has 3 atom stereocenters. The summed E-state index contributed by atoms with van der Waals surface area (Å²) in [4.78, 5) is 18.9. The number of nitrogens with zero attached hydrogens (tertiary/aromatic N) is 5. The van der Waals surface area contributed by atoms with E-state index in [4.69, 9.17) is 0 Å². The largest absolute Gasteiger partial charge is 0.393 e. The molecule has 3 heterocycles. The van der Waals surface area contributed by atoms with Crippen molar-refractivity contribution in [2.45, 2.75) is 31.3 Å². The standard InChI is InChI=1S/C18H24N6O2/c1-23-11-21-22-17(23)13-7-14(15(25)8-13)10-20-18(26)12-3-4-16(19-9-12)24-5-2-6-24/h3-4,9,11,13-15,25H,2,5-8,10H2,1H3,(H,20,26)/t13-,14+,15+/m0/s1. The van der Waals surface area contributed by atoms with Crippen LogP contribution >= 0.6 is 0 Å². The van der Waals surface area contributed by atoms with E-state index in [1.54, 1.807) is 12.5 Å². The monoisotopic (exact) mass is 356 g/mol. The van der Waals surface area contributed by atoms with E-state index < -0.39 is 6.10 Å². The summed E-state index contributed by atoms with van der Waals surface area (Å²) in [6, 6.07) is 3.70. The van der Waals surface area contributed by atoms with Gasteiger partial charge in [0.1, 0.15) is 18.0 Å². The van der Waals surface area contributed by atoms with E-state index in [0.29, 0.717) is 18.5 Å². The van der Waals surface area contributed by atoms with Gasteiger partial charge in [0.2, 0.25) is 0 Å². The van der Waals surface area contributed by atoms with Crippen LogP contribution in [0.5, 0.6) is 0 Å². The molecule has 1 amide bonds. The molecule has 2 N–H and O–H groups in total. The lowest BCUT2D eigenvalue weighted by Crippen LogP contribution is -2.37. The predicted molar refractivity (Wildman–Crippen MR) is 95.9 cm³/mol. The Morgan fingerprint density at radius 3 is 2.81 bits per heavy atom. The van der Waals surface area contributed by atoms with Crippen molar-refractivity contribution in [2.24, 2.45) is 13.0 Å². The zero-order valence-corrected chi connectivity index (χ0v) is 14.9. The summed E-state index contributed by atoms with van der Waals surface area (Å²) in [5.74, 6) is 1.86. The van der Waals surface area contributed by atoms with Gasteiger partial charge in [0, 0.05) is 44.7 Å². The highest BCUT2D eigenvalue weighted by Crippen LogP contribution is 2.37. The van der Waals surface area contributed by atoms with Gasteiger partial charge in [-0.2, -0.15) is 0 Å². The summed E-state index contributed by atoms with van der Waals surface area (Å²) in [6.45, 7) is 2.51. The van der Waals surface area contributed by atoms with Crippen molar-refractivity contribution in [3.8, 4) is 0 Å². The first-order valence-electron chi connectivity index (χ1n) is 9.13. The van der Waals surface area contributed by atoms with Crippen LogP contribution in [0.15, 0.2) is 24.7 Å². The van der Waals surface area contributed by atoms with Crippen LogP contribution < -0.4 is 10.2 Å². The number of hydrogen-bond acceptors (Lipinski definition) is 6. The smallest absolute Gasteiger partial charge is 0.252 e. The molecule has 138 valence electrons. The van der Waals surface area contributed by atoms with Crippen molar-refractivity contribution >= 4 is 11.7 Å². The van der Waals surface area contributed by atoms with E-state index in [1.807, 2.05) is 23.7 Å². The summed E-state index contributed by atoms with van der Waals surface area (Å²) < 4.78 is 1.89. The molecular weight excluding hydrogens is 332 g/mol. The second kappa shape index (κ2) is 7.03. The van der Waals surface area contributed by atoms with Crippen LogP contribution in [0, 0.1) is 5.92 Å². The van der Waals surface area contributed by atoms with Gasteiger partial charge >= 0.3 is 0 Å². The molecule has 2 aliphatic rings. The van der Waals surface area contributed by atoms with Crippen molar-refractivity contribution in [3.05, 3.63) is 36.0 Å². The Kier molecular flexibility index (Phi) is 4.58. The molecule has 1 aliphatic heterocycles. The van der Waals surface area contributed by atoms with Crippen molar-refractivity contribution < 1.29 is 9.90 Å². The molecule has 4 rings (SSSR count). The molecule has 8 nitrogen and oxygen atoms in total. The zero-order chi connectivity index (χ0) is 18.1. The number of nitrogens with one attached hydrogen (secondary N) is 1. The SMILES string of the molecule is Cn1cnnc1[C@H]1C[C@H](CNC(=O)c2ccc(N3CCC3)nc2)[C@H](O)C1. The summed E-state index contributed by atoms with van der Waals surface area (Å²) in [5, 5.41) is 21.3. The van der Waals surface area contributed by atoms with E-state index in [9.17, 15) is 9.90 Å². The third kappa shape index (κ3) is 3.29. The van der Waals surface area contributed by atoms with Crippen LogP contribution in [0.3, 0.4) is 0 Å². The van der Waals surface area contributed by atoms with Gasteiger partial charge in [-0.25, -0.2) is 4.98 Å². The first-order valence-corrected chi connectivity index (χ1v) is 9.13. The van der Waals surface area contributed by atoms with Crippen LogP contribution in [-0.4, -0.2) is 56.5 Å². The van der Waals surface area contributed by atoms with Crippen LogP contribution in [0.25, 0.3) is 0 Å². The number of pyridine rings is 1. The highest BCUT2D eigenvalue weighted by molar-refractivity contribution is 5.94. The quantitative estimate of drug-likeness (QED) is 0.819. The Hall–Kier alpha value is -2.48. The molecule has 0 unspecified atom stereocenters. The van der Waals surface area contributed by atoms with E-state index >= 15 is 0 Å². The highest BCUT2D eigenvalue weighted by atomic mass is 16.3. The van der Waals surface area contributed by atoms with Crippen molar-refractivity contribution in [1.29, 1.82) is 0 Å². The number of anilines is 1. The Balaban J connectivity index is 1.32. The molecule has 1 saturated carbocycles. The van der Waals surface area contributed by atoms with Crippen LogP contribution in [0.4, 0.5) is 5.82 Å². The normalized spacial score (nSPS) is 25.2. The van der Waals surface area contributed by atoms with Gasteiger partial charge < -0.3 is 19.9 Å². The molecule has 2 fully saturated rings. The Morgan fingerprint density at radius 2 is 2.19 bits per heavy atom. The molecule has 0 bridgehead atoms. The van der Waals surface area contributed by atoms with Gasteiger partial charge in [-0.3, -0.25) is 4.79 Å². The number of aliphatic hydroxyl groups excluding tert-OH is 1. The fourth-order valence-corrected chi connectivity index (χ4v) is 3.77. The van der Waals surface area contributed by atoms with E-state index in [2.05, 4.69) is 25.4 Å². The number of amides is 1. The average Bonchev–Trinajstić information content (AvgIpc) is 3.17. The third-order valence-electron chi connectivity index (χ3n) is 5.48. The summed E-state index contributed by atoms with van der Waals surface area (Å²) in [7, 11) is 1.91. The Bertz CT molecular complexity index is 770. The van der Waals surface area contributed by atoms with E-state index in [-0.39, 0.29) is 17.7 Å². The number of aliphatic hydroxyl groups is 1. The molecule has 8 heteroatoms. The highest BCUT2D eigenvalue weighted by Gasteiger charge is 2.36. The van der Waals surface area contributed by atoms with Gasteiger partial charge in [-0.05, 0) is 31.4 Å². The fourth-order valence-electron chi connectivity index (χ4n) is 3.77. The third-order valence-corrected chi connectivity index (χ3v) is 5.48. The lowest BCUT2D eigenvalue weighted by molar-refractivity contribution is 0.0916. The number of carbonyl (C=O) groups is 1. The van der Waals surface area contributed by atoms with Gasteiger partial charge in [0.25, 0.3) is 5.91 Å². The minimum absolute atomic E-state index is 0.0222. The molecule has 1 saturated heterocycles. The van der Waals surface area contributed by atoms with Gasteiger partial charge in [0.15, 0.2) is 0 Å². The van der Waals surface area contributed by atoms with Crippen molar-refractivity contribution in [3.63, 3.8) is 0 Å². The summed E-state index contributed by atoms with van der Waals surface area (Å²) in [6.07, 6.45) is 5.50. The van der Waals surface area contributed by atoms with E-state index in [1.165, 1.54) is 6.42 Å². The second-order valence-corrected chi connectivity index (χ2v) is 7.25. The number of aromatic nitrogens is 4. The van der Waals surface area contributed by atoms with Crippen molar-refractivity contribution in [1.82, 2.24) is 25.1 Å². The number of rotatable bonds is 5. The Labute approximate surface area is 152 Å². The average molecular weight is 356 g/mol. The lowest BCUT2D eigenvalue weighted by Gasteiger charge is -2.31. The predicted octanol–water partition coefficient (Wildman–Crippen LogP) is 0.705.